The summed E-state index contributed by atoms with van der Waals surface area (Å²) >= 11 is 2.25. The average Bonchev–Trinajstić information content (AvgIpc) is 2.05. The van der Waals surface area contributed by atoms with Crippen LogP contribution in [-0.4, -0.2) is 12.9 Å². The molecule has 3 heteroatoms. The molecule has 2 N–H and O–H groups in total. The van der Waals surface area contributed by atoms with Gasteiger partial charge >= 0.3 is 0 Å². The summed E-state index contributed by atoms with van der Waals surface area (Å²) in [6.07, 6.45) is 0. The van der Waals surface area contributed by atoms with Crippen molar-refractivity contribution in [2.45, 2.75) is 0 Å². The van der Waals surface area contributed by atoms with Crippen molar-refractivity contribution in [3.05, 3.63) is 33.4 Å². The van der Waals surface area contributed by atoms with E-state index < -0.39 is 0 Å². The lowest BCUT2D eigenvalue weighted by atomic mass is 10.2. The SMILES string of the molecule is CN=C(N)c1ccc(I)cc1. The first-order chi connectivity index (χ1) is 5.24. The van der Waals surface area contributed by atoms with Crippen LogP contribution < -0.4 is 5.73 Å². The summed E-state index contributed by atoms with van der Waals surface area (Å²) in [5.41, 5.74) is 6.57. The Kier molecular flexibility index (Phi) is 2.87. The maximum Gasteiger partial charge on any atom is 0.125 e. The zero-order valence-electron chi connectivity index (χ0n) is 6.21. The van der Waals surface area contributed by atoms with E-state index in [2.05, 4.69) is 27.6 Å². The number of aliphatic imine (C=N–C) groups is 1. The van der Waals surface area contributed by atoms with Crippen LogP contribution in [0, 0.1) is 3.57 Å². The van der Waals surface area contributed by atoms with Crippen molar-refractivity contribution in [3.8, 4) is 0 Å². The highest BCUT2D eigenvalue weighted by molar-refractivity contribution is 14.1. The van der Waals surface area contributed by atoms with E-state index in [-0.39, 0.29) is 0 Å². The minimum atomic E-state index is 0.585. The molecule has 0 amide bonds. The second-order valence-corrected chi connectivity index (χ2v) is 3.36. The van der Waals surface area contributed by atoms with Crippen LogP contribution in [0.5, 0.6) is 0 Å². The van der Waals surface area contributed by atoms with Gasteiger partial charge in [-0.05, 0) is 34.7 Å². The average molecular weight is 260 g/mol. The van der Waals surface area contributed by atoms with E-state index in [1.165, 1.54) is 3.57 Å². The predicted octanol–water partition coefficient (Wildman–Crippen LogP) is 1.63. The molecule has 1 rings (SSSR count). The van der Waals surface area contributed by atoms with Crippen LogP contribution >= 0.6 is 22.6 Å². The molecule has 0 heterocycles. The fourth-order valence-electron chi connectivity index (χ4n) is 0.750. The topological polar surface area (TPSA) is 38.4 Å². The van der Waals surface area contributed by atoms with Crippen LogP contribution in [0.4, 0.5) is 0 Å². The number of amidine groups is 1. The normalized spacial score (nSPS) is 11.6. The van der Waals surface area contributed by atoms with Gasteiger partial charge in [0.2, 0.25) is 0 Å². The van der Waals surface area contributed by atoms with Crippen molar-refractivity contribution >= 4 is 28.4 Å². The maximum absolute atomic E-state index is 5.59. The van der Waals surface area contributed by atoms with Crippen LogP contribution in [0.2, 0.25) is 0 Å². The molecule has 0 saturated heterocycles. The molecule has 0 radical (unpaired) electrons. The number of hydrogen-bond donors (Lipinski definition) is 1. The summed E-state index contributed by atoms with van der Waals surface area (Å²) < 4.78 is 1.20. The van der Waals surface area contributed by atoms with Gasteiger partial charge < -0.3 is 5.73 Å². The molecule has 0 saturated carbocycles. The summed E-state index contributed by atoms with van der Waals surface area (Å²) in [6, 6.07) is 7.94. The molecule has 0 unspecified atom stereocenters. The largest absolute Gasteiger partial charge is 0.384 e. The molecule has 0 fully saturated rings. The van der Waals surface area contributed by atoms with Gasteiger partial charge in [-0.25, -0.2) is 0 Å². The van der Waals surface area contributed by atoms with Crippen molar-refractivity contribution < 1.29 is 0 Å². The predicted molar refractivity (Wildman–Crippen MR) is 55.8 cm³/mol. The summed E-state index contributed by atoms with van der Waals surface area (Å²) in [5.74, 6) is 0.585. The smallest absolute Gasteiger partial charge is 0.125 e. The molecule has 0 aliphatic heterocycles. The van der Waals surface area contributed by atoms with E-state index in [1.807, 2.05) is 24.3 Å². The fourth-order valence-corrected chi connectivity index (χ4v) is 1.11. The van der Waals surface area contributed by atoms with Gasteiger partial charge in [0.15, 0.2) is 0 Å². The lowest BCUT2D eigenvalue weighted by Gasteiger charge is -1.97. The first-order valence-corrected chi connectivity index (χ1v) is 4.30. The highest BCUT2D eigenvalue weighted by Crippen LogP contribution is 2.05. The Morgan fingerprint density at radius 3 is 2.36 bits per heavy atom. The first-order valence-electron chi connectivity index (χ1n) is 3.22. The van der Waals surface area contributed by atoms with Crippen LogP contribution in [0.1, 0.15) is 5.56 Å². The summed E-state index contributed by atoms with van der Waals surface area (Å²) in [7, 11) is 1.69. The van der Waals surface area contributed by atoms with Crippen molar-refractivity contribution in [2.24, 2.45) is 10.7 Å². The lowest BCUT2D eigenvalue weighted by Crippen LogP contribution is -2.12. The van der Waals surface area contributed by atoms with E-state index in [1.54, 1.807) is 7.05 Å². The van der Waals surface area contributed by atoms with Crippen molar-refractivity contribution in [1.29, 1.82) is 0 Å². The fraction of sp³-hybridized carbons (Fsp3) is 0.125. The molecule has 0 aliphatic rings. The summed E-state index contributed by atoms with van der Waals surface area (Å²) in [5, 5.41) is 0. The van der Waals surface area contributed by atoms with Gasteiger partial charge in [-0.3, -0.25) is 4.99 Å². The van der Waals surface area contributed by atoms with Gasteiger partial charge in [0.25, 0.3) is 0 Å². The first kappa shape index (κ1) is 8.52. The Labute approximate surface area is 79.7 Å². The van der Waals surface area contributed by atoms with Crippen molar-refractivity contribution in [2.75, 3.05) is 7.05 Å². The molecule has 11 heavy (non-hydrogen) atoms. The monoisotopic (exact) mass is 260 g/mol. The Morgan fingerprint density at radius 1 is 1.36 bits per heavy atom. The van der Waals surface area contributed by atoms with Crippen LogP contribution in [0.15, 0.2) is 29.3 Å². The van der Waals surface area contributed by atoms with Gasteiger partial charge in [-0.15, -0.1) is 0 Å². The Bertz CT molecular complexity index is 264. The third-order valence-electron chi connectivity index (χ3n) is 1.38. The molecule has 0 bridgehead atoms. The summed E-state index contributed by atoms with van der Waals surface area (Å²) in [4.78, 5) is 3.88. The molecular formula is C8H9IN2. The van der Waals surface area contributed by atoms with Crippen LogP contribution in [-0.2, 0) is 0 Å². The molecule has 0 spiro atoms. The number of nitrogens with two attached hydrogens (primary N) is 1. The number of benzene rings is 1. The highest BCUT2D eigenvalue weighted by atomic mass is 127. The Balaban J connectivity index is 2.99. The second-order valence-electron chi connectivity index (χ2n) is 2.12. The molecule has 1 aromatic rings. The Hall–Kier alpha value is -0.580. The third-order valence-corrected chi connectivity index (χ3v) is 2.10. The van der Waals surface area contributed by atoms with Gasteiger partial charge in [0, 0.05) is 16.2 Å². The van der Waals surface area contributed by atoms with E-state index in [9.17, 15) is 0 Å². The van der Waals surface area contributed by atoms with Crippen LogP contribution in [0.3, 0.4) is 0 Å². The van der Waals surface area contributed by atoms with E-state index >= 15 is 0 Å². The highest BCUT2D eigenvalue weighted by Gasteiger charge is 1.94. The molecular weight excluding hydrogens is 251 g/mol. The van der Waals surface area contributed by atoms with Gasteiger partial charge in [0.1, 0.15) is 5.84 Å². The molecule has 1 aromatic carbocycles. The summed E-state index contributed by atoms with van der Waals surface area (Å²) in [6.45, 7) is 0. The molecule has 2 nitrogen and oxygen atoms in total. The van der Waals surface area contributed by atoms with E-state index in [4.69, 9.17) is 5.73 Å². The van der Waals surface area contributed by atoms with Crippen LogP contribution in [0.25, 0.3) is 0 Å². The lowest BCUT2D eigenvalue weighted by molar-refractivity contribution is 1.39. The number of nitrogens with zero attached hydrogens (tertiary/aromatic N) is 1. The van der Waals surface area contributed by atoms with Gasteiger partial charge in [0.05, 0.1) is 0 Å². The zero-order chi connectivity index (χ0) is 8.27. The van der Waals surface area contributed by atoms with Gasteiger partial charge in [-0.1, -0.05) is 12.1 Å². The standard InChI is InChI=1S/C8H9IN2/c1-11-8(10)6-2-4-7(9)5-3-6/h2-5H,1H3,(H2,10,11). The van der Waals surface area contributed by atoms with E-state index in [0.29, 0.717) is 5.84 Å². The minimum Gasteiger partial charge on any atom is -0.384 e. The molecule has 0 atom stereocenters. The number of hydrogen-bond acceptors (Lipinski definition) is 1. The van der Waals surface area contributed by atoms with Crippen molar-refractivity contribution in [3.63, 3.8) is 0 Å². The van der Waals surface area contributed by atoms with Gasteiger partial charge in [-0.2, -0.15) is 0 Å². The molecule has 0 aliphatic carbocycles. The maximum atomic E-state index is 5.59. The minimum absolute atomic E-state index is 0.585. The number of rotatable bonds is 1. The Morgan fingerprint density at radius 2 is 1.91 bits per heavy atom. The second kappa shape index (κ2) is 3.71. The number of halogens is 1. The van der Waals surface area contributed by atoms with E-state index in [0.717, 1.165) is 5.56 Å². The molecule has 58 valence electrons. The quantitative estimate of drug-likeness (QED) is 0.465. The van der Waals surface area contributed by atoms with Crippen molar-refractivity contribution in [1.82, 2.24) is 0 Å². The molecule has 0 aromatic heterocycles. The zero-order valence-corrected chi connectivity index (χ0v) is 8.37. The third kappa shape index (κ3) is 2.18.